The third-order valence-electron chi connectivity index (χ3n) is 15.2. The molecule has 0 radical (unpaired) electrons. The van der Waals surface area contributed by atoms with Crippen molar-refractivity contribution in [2.24, 2.45) is 0 Å². The van der Waals surface area contributed by atoms with E-state index in [0.29, 0.717) is 82.1 Å². The molecule has 6 aromatic carbocycles. The molecule has 0 saturated heterocycles. The van der Waals surface area contributed by atoms with Crippen LogP contribution in [0.4, 0.5) is 35.3 Å². The first-order valence-corrected chi connectivity index (χ1v) is 30.5. The number of Topliss-reactive ketones (excluding diaryl/α,β-unsaturated/α-hetero) is 1. The van der Waals surface area contributed by atoms with Gasteiger partial charge >= 0.3 is 5.97 Å². The number of aromatic carboxylic acids is 1. The average Bonchev–Trinajstić information content (AvgIpc) is 0.793. The average molecular weight is 1330 g/mol. The number of rotatable bonds is 15. The molecule has 0 fully saturated rings. The number of halogens is 3. The largest absolute Gasteiger partial charge is 0.477 e. The molecule has 1 amide bonds. The number of amides is 1. The number of hydrogen-bond acceptors (Lipinski definition) is 18. The zero-order valence-corrected chi connectivity index (χ0v) is 54.1. The molecule has 0 aliphatic rings. The number of aromatic nitrogens is 9. The number of carboxylic acid groups (broad SMARTS) is 1. The second-order valence-corrected chi connectivity index (χ2v) is 23.1. The van der Waals surface area contributed by atoms with Crippen LogP contribution in [0.15, 0.2) is 197 Å². The number of nitrogens with one attached hydrogen (secondary N) is 3. The highest BCUT2D eigenvalue weighted by molar-refractivity contribution is 6.36. The summed E-state index contributed by atoms with van der Waals surface area (Å²) < 4.78 is 4.78. The van der Waals surface area contributed by atoms with Crippen LogP contribution in [0.5, 0.6) is 0 Å². The minimum Gasteiger partial charge on any atom is -0.477 e. The second-order valence-electron chi connectivity index (χ2n) is 21.9. The molecule has 0 unspecified atom stereocenters. The molecule has 3 atom stereocenters. The van der Waals surface area contributed by atoms with Gasteiger partial charge in [-0.1, -0.05) is 126 Å². The molecule has 6 heterocycles. The minimum atomic E-state index is -1.19. The summed E-state index contributed by atoms with van der Waals surface area (Å²) in [5.41, 5.74) is 20.9. The normalized spacial score (nSPS) is 11.9. The van der Waals surface area contributed by atoms with Crippen molar-refractivity contribution in [2.45, 2.75) is 45.8 Å². The number of hydrogen-bond donors (Lipinski definition) is 7. The number of carbonyl (C=O) groups excluding carboxylic acids is 2. The molecule has 480 valence electrons. The van der Waals surface area contributed by atoms with Crippen molar-refractivity contribution in [2.75, 3.05) is 47.2 Å². The van der Waals surface area contributed by atoms with Crippen LogP contribution in [-0.2, 0) is 0 Å². The summed E-state index contributed by atoms with van der Waals surface area (Å²) in [4.78, 5) is 102. The summed E-state index contributed by atoms with van der Waals surface area (Å²) >= 11 is 19.1. The number of nitrogens with zero attached hydrogens (tertiary/aromatic N) is 10. The first-order chi connectivity index (χ1) is 45.5. The molecule has 12 rings (SSSR count). The maximum atomic E-state index is 13.6. The number of para-hydroxylation sites is 3. The number of carboxylic acids is 1. The van der Waals surface area contributed by atoms with Crippen molar-refractivity contribution in [1.82, 2.24) is 48.5 Å². The lowest BCUT2D eigenvalue weighted by molar-refractivity contribution is 0.0696. The molecule has 26 heteroatoms. The number of ketones is 1. The van der Waals surface area contributed by atoms with Crippen LogP contribution in [0.2, 0.25) is 15.1 Å². The van der Waals surface area contributed by atoms with Crippen molar-refractivity contribution in [1.29, 1.82) is 0 Å². The Morgan fingerprint density at radius 1 is 0.453 bits per heavy atom. The zero-order valence-electron chi connectivity index (χ0n) is 51.8. The molecule has 0 spiro atoms. The van der Waals surface area contributed by atoms with Gasteiger partial charge < -0.3 is 43.2 Å². The van der Waals surface area contributed by atoms with Crippen LogP contribution in [0.1, 0.15) is 94.0 Å². The summed E-state index contributed by atoms with van der Waals surface area (Å²) in [6.45, 7) is 7.00. The van der Waals surface area contributed by atoms with E-state index in [1.54, 1.807) is 77.2 Å². The molecule has 23 nitrogen and oxygen atoms in total. The van der Waals surface area contributed by atoms with Gasteiger partial charge in [0.1, 0.15) is 28.6 Å². The standard InChI is InChI=1S/C24H23ClN6O2.C23H20ClN5O2.C22H18ClN5O3/c1-14(28-21-17(22(32)30(2)3)13-27-24(26)29-21)19-12-15-8-7-11-18(25)20(15)23(33)31(19)16-9-5-4-6-10-16;1-13(27-21-17(14(2)30)12-26-23(25)28-21)19-11-15-7-6-10-18(24)20(15)22(31)29(19)16-8-4-3-5-9-16;1-12(26-19-15(21(30)31)11-25-22(24)27-19)17-10-13-6-5-9-16(23)18(13)20(29)28(17)14-7-3-2-4-8-14/h4-14H,1-3H3,(H3,26,27,28,29);3-13H,1-2H3,(H3,25,26,27,28);2-12H,1H3,(H,30,31)(H3,24,25,26,27)/t14-;13-;12-/m000/s1. The minimum absolute atomic E-state index is 0.0331. The lowest BCUT2D eigenvalue weighted by atomic mass is 10.1. The topological polar surface area (TPSA) is 332 Å². The summed E-state index contributed by atoms with van der Waals surface area (Å²) in [5, 5.41) is 23.5. The van der Waals surface area contributed by atoms with Crippen LogP contribution in [0, 0.1) is 0 Å². The molecule has 95 heavy (non-hydrogen) atoms. The number of nitrogens with two attached hydrogens (primary N) is 3. The van der Waals surface area contributed by atoms with Crippen molar-refractivity contribution in [3.05, 3.63) is 262 Å². The Morgan fingerprint density at radius 2 is 0.747 bits per heavy atom. The van der Waals surface area contributed by atoms with Crippen molar-refractivity contribution in [3.8, 4) is 17.1 Å². The van der Waals surface area contributed by atoms with E-state index in [1.165, 1.54) is 24.2 Å². The molecular formula is C69H61Cl3N16O7. The fraction of sp³-hybridized carbons (Fsp3) is 0.130. The van der Waals surface area contributed by atoms with Gasteiger partial charge in [0.25, 0.3) is 22.6 Å². The third kappa shape index (κ3) is 14.3. The van der Waals surface area contributed by atoms with Gasteiger partial charge in [-0.3, -0.25) is 37.7 Å². The van der Waals surface area contributed by atoms with Crippen LogP contribution in [0.3, 0.4) is 0 Å². The van der Waals surface area contributed by atoms with E-state index in [9.17, 15) is 33.9 Å². The third-order valence-corrected chi connectivity index (χ3v) is 16.1. The first kappa shape index (κ1) is 66.4. The predicted octanol–water partition coefficient (Wildman–Crippen LogP) is 12.2. The van der Waals surface area contributed by atoms with Crippen LogP contribution >= 0.6 is 34.8 Å². The van der Waals surface area contributed by atoms with Gasteiger partial charge in [0.05, 0.1) is 54.9 Å². The van der Waals surface area contributed by atoms with E-state index in [4.69, 9.17) is 52.0 Å². The summed E-state index contributed by atoms with van der Waals surface area (Å²) in [7, 11) is 3.29. The Kier molecular flexibility index (Phi) is 20.0. The Hall–Kier alpha value is -11.5. The SMILES string of the molecule is CC(=O)c1cnc(N)nc1N[C@@H](C)c1cc2cccc(Cl)c2c(=O)n1-c1ccccc1.C[C@H](Nc1nc(N)ncc1C(=O)N(C)C)c1cc2cccc(Cl)c2c(=O)n1-c1ccccc1.C[C@H](Nc1nc(N)ncc1C(=O)O)c1cc2cccc(Cl)c2c(=O)n1-c1ccccc1. The van der Waals surface area contributed by atoms with Gasteiger partial charge in [-0.05, 0) is 117 Å². The quantitative estimate of drug-likeness (QED) is 0.0469. The second kappa shape index (κ2) is 28.5. The number of nitrogen functional groups attached to an aromatic ring is 3. The monoisotopic (exact) mass is 1330 g/mol. The molecule has 0 bridgehead atoms. The summed E-state index contributed by atoms with van der Waals surface area (Å²) in [6, 6.07) is 48.0. The van der Waals surface area contributed by atoms with E-state index >= 15 is 0 Å². The fourth-order valence-corrected chi connectivity index (χ4v) is 11.5. The number of fused-ring (bicyclic) bond motifs is 3. The highest BCUT2D eigenvalue weighted by Gasteiger charge is 2.25. The van der Waals surface area contributed by atoms with Crippen molar-refractivity contribution >= 4 is 120 Å². The van der Waals surface area contributed by atoms with E-state index in [-0.39, 0.29) is 69.0 Å². The zero-order chi connectivity index (χ0) is 67.9. The van der Waals surface area contributed by atoms with Crippen LogP contribution in [-0.4, -0.2) is 85.4 Å². The van der Waals surface area contributed by atoms with Crippen molar-refractivity contribution in [3.63, 3.8) is 0 Å². The number of carbonyl (C=O) groups is 3. The first-order valence-electron chi connectivity index (χ1n) is 29.3. The molecule has 10 N–H and O–H groups in total. The van der Waals surface area contributed by atoms with E-state index in [1.807, 2.05) is 135 Å². The van der Waals surface area contributed by atoms with Gasteiger partial charge in [0.15, 0.2) is 5.78 Å². The Labute approximate surface area is 557 Å². The Morgan fingerprint density at radius 3 is 1.05 bits per heavy atom. The van der Waals surface area contributed by atoms with E-state index in [2.05, 4.69) is 45.9 Å². The van der Waals surface area contributed by atoms with Gasteiger partial charge in [-0.2, -0.15) is 15.0 Å². The Bertz CT molecular complexity index is 4910. The molecule has 6 aromatic heterocycles. The van der Waals surface area contributed by atoms with Crippen molar-refractivity contribution < 1.29 is 19.5 Å². The lowest BCUT2D eigenvalue weighted by Crippen LogP contribution is -2.27. The molecule has 0 saturated carbocycles. The van der Waals surface area contributed by atoms with Gasteiger partial charge in [0, 0.05) is 66.8 Å². The molecule has 12 aromatic rings. The molecule has 0 aliphatic heterocycles. The highest BCUT2D eigenvalue weighted by atomic mass is 35.5. The smallest absolute Gasteiger partial charge is 0.341 e. The van der Waals surface area contributed by atoms with E-state index < -0.39 is 24.1 Å². The Balaban J connectivity index is 0.000000155. The molecule has 0 aliphatic carbocycles. The number of benzene rings is 6. The fourth-order valence-electron chi connectivity index (χ4n) is 10.7. The maximum Gasteiger partial charge on any atom is 0.341 e. The maximum absolute atomic E-state index is 13.6. The van der Waals surface area contributed by atoms with Gasteiger partial charge in [-0.15, -0.1) is 0 Å². The predicted molar refractivity (Wildman–Crippen MR) is 374 cm³/mol. The molecular weight excluding hydrogens is 1270 g/mol. The van der Waals surface area contributed by atoms with Crippen LogP contribution in [0.25, 0.3) is 49.4 Å². The lowest BCUT2D eigenvalue weighted by Gasteiger charge is -2.23. The van der Waals surface area contributed by atoms with Gasteiger partial charge in [-0.25, -0.2) is 19.7 Å². The summed E-state index contributed by atoms with van der Waals surface area (Å²) in [5.74, 6) is -0.985. The highest BCUT2D eigenvalue weighted by Crippen LogP contribution is 2.32. The van der Waals surface area contributed by atoms with Gasteiger partial charge in [0.2, 0.25) is 17.8 Å². The number of pyridine rings is 3. The number of anilines is 6. The van der Waals surface area contributed by atoms with E-state index in [0.717, 1.165) is 17.0 Å². The summed E-state index contributed by atoms with van der Waals surface area (Å²) in [6.07, 6.45) is 3.93. The van der Waals surface area contributed by atoms with Crippen LogP contribution < -0.4 is 49.8 Å².